The number of carboxylic acids is 1. The molecule has 0 rings (SSSR count). The van der Waals surface area contributed by atoms with Gasteiger partial charge in [0.15, 0.2) is 0 Å². The van der Waals surface area contributed by atoms with Gasteiger partial charge in [0.25, 0.3) is 0 Å². The Labute approximate surface area is 97.0 Å². The summed E-state index contributed by atoms with van der Waals surface area (Å²) in [4.78, 5) is 25.8. The number of aliphatic carboxylic acids is 1. The van der Waals surface area contributed by atoms with E-state index in [1.807, 2.05) is 13.8 Å². The van der Waals surface area contributed by atoms with Gasteiger partial charge in [0.05, 0.1) is 6.54 Å². The van der Waals surface area contributed by atoms with E-state index in [0.717, 1.165) is 6.42 Å². The molecule has 16 heavy (non-hydrogen) atoms. The van der Waals surface area contributed by atoms with E-state index in [1.165, 1.54) is 4.90 Å². The van der Waals surface area contributed by atoms with Crippen LogP contribution in [0.3, 0.4) is 0 Å². The third-order valence-electron chi connectivity index (χ3n) is 2.53. The van der Waals surface area contributed by atoms with E-state index in [-0.39, 0.29) is 12.5 Å². The summed E-state index contributed by atoms with van der Waals surface area (Å²) in [6.45, 7) is 4.54. The van der Waals surface area contributed by atoms with Gasteiger partial charge in [-0.2, -0.15) is 0 Å². The zero-order valence-corrected chi connectivity index (χ0v) is 10.6. The first-order chi connectivity index (χ1) is 7.43. The second-order valence-corrected chi connectivity index (χ2v) is 3.99. The van der Waals surface area contributed by atoms with Gasteiger partial charge in [0.2, 0.25) is 5.91 Å². The van der Waals surface area contributed by atoms with E-state index in [1.54, 1.807) is 19.0 Å². The molecule has 1 amide bonds. The van der Waals surface area contributed by atoms with Crippen LogP contribution in [0.25, 0.3) is 0 Å². The van der Waals surface area contributed by atoms with Crippen molar-refractivity contribution in [2.75, 3.05) is 27.2 Å². The molecule has 0 saturated carbocycles. The highest BCUT2D eigenvalue weighted by atomic mass is 16.4. The normalized spacial score (nSPS) is 12.6. The molecule has 94 valence electrons. The largest absolute Gasteiger partial charge is 0.480 e. The smallest absolute Gasteiger partial charge is 0.320 e. The summed E-state index contributed by atoms with van der Waals surface area (Å²) in [5.74, 6) is -0.917. The highest BCUT2D eigenvalue weighted by molar-refractivity contribution is 5.79. The molecule has 0 aromatic heterocycles. The van der Waals surface area contributed by atoms with Gasteiger partial charge in [-0.3, -0.25) is 14.5 Å². The van der Waals surface area contributed by atoms with Gasteiger partial charge in [-0.1, -0.05) is 20.3 Å². The van der Waals surface area contributed by atoms with E-state index < -0.39 is 12.0 Å². The van der Waals surface area contributed by atoms with Crippen molar-refractivity contribution in [2.24, 2.45) is 0 Å². The number of amides is 1. The Bertz CT molecular complexity index is 241. The first kappa shape index (κ1) is 14.9. The number of rotatable bonds is 7. The Kier molecular flexibility index (Phi) is 6.72. The number of carbonyl (C=O) groups excluding carboxylic acids is 1. The Morgan fingerprint density at radius 3 is 2.12 bits per heavy atom. The molecule has 0 heterocycles. The predicted molar refractivity (Wildman–Crippen MR) is 62.3 cm³/mol. The fourth-order valence-electron chi connectivity index (χ4n) is 1.49. The molecular formula is C11H22N2O3. The Morgan fingerprint density at radius 2 is 1.81 bits per heavy atom. The van der Waals surface area contributed by atoms with Crippen molar-refractivity contribution in [3.8, 4) is 0 Å². The molecule has 1 atom stereocenters. The number of carbonyl (C=O) groups is 2. The van der Waals surface area contributed by atoms with Crippen LogP contribution in [-0.4, -0.2) is 60.0 Å². The number of likely N-dealkylation sites (N-methyl/N-ethyl adjacent to an activating group) is 2. The molecule has 0 bridgehead atoms. The lowest BCUT2D eigenvalue weighted by atomic mass is 10.1. The SMILES string of the molecule is CCCC(C(=O)O)N(CC)CC(=O)N(C)C. The molecule has 0 aliphatic heterocycles. The molecule has 0 aromatic carbocycles. The van der Waals surface area contributed by atoms with Crippen LogP contribution in [0.5, 0.6) is 0 Å². The Hall–Kier alpha value is -1.10. The Balaban J connectivity index is 4.54. The monoisotopic (exact) mass is 230 g/mol. The lowest BCUT2D eigenvalue weighted by Gasteiger charge is -2.27. The van der Waals surface area contributed by atoms with Gasteiger partial charge in [-0.05, 0) is 13.0 Å². The molecule has 1 N–H and O–H groups in total. The average Bonchev–Trinajstić information content (AvgIpc) is 2.22. The van der Waals surface area contributed by atoms with Crippen molar-refractivity contribution < 1.29 is 14.7 Å². The molecular weight excluding hydrogens is 208 g/mol. The van der Waals surface area contributed by atoms with E-state index in [0.29, 0.717) is 13.0 Å². The summed E-state index contributed by atoms with van der Waals surface area (Å²) in [7, 11) is 3.34. The molecule has 0 aliphatic carbocycles. The molecule has 0 fully saturated rings. The summed E-state index contributed by atoms with van der Waals surface area (Å²) >= 11 is 0. The number of carboxylic acid groups (broad SMARTS) is 1. The first-order valence-corrected chi connectivity index (χ1v) is 5.61. The molecule has 5 nitrogen and oxygen atoms in total. The van der Waals surface area contributed by atoms with Gasteiger partial charge in [0, 0.05) is 14.1 Å². The van der Waals surface area contributed by atoms with Crippen molar-refractivity contribution in [3.05, 3.63) is 0 Å². The predicted octanol–water partition coefficient (Wildman–Crippen LogP) is 0.650. The summed E-state index contributed by atoms with van der Waals surface area (Å²) < 4.78 is 0. The maximum Gasteiger partial charge on any atom is 0.320 e. The van der Waals surface area contributed by atoms with Gasteiger partial charge in [-0.25, -0.2) is 0 Å². The van der Waals surface area contributed by atoms with E-state index in [9.17, 15) is 9.59 Å². The van der Waals surface area contributed by atoms with Crippen LogP contribution < -0.4 is 0 Å². The van der Waals surface area contributed by atoms with Crippen LogP contribution in [0.15, 0.2) is 0 Å². The Morgan fingerprint density at radius 1 is 1.25 bits per heavy atom. The van der Waals surface area contributed by atoms with E-state index in [2.05, 4.69) is 0 Å². The maximum absolute atomic E-state index is 11.5. The van der Waals surface area contributed by atoms with Crippen LogP contribution in [0.4, 0.5) is 0 Å². The minimum Gasteiger partial charge on any atom is -0.480 e. The topological polar surface area (TPSA) is 60.9 Å². The summed E-state index contributed by atoms with van der Waals surface area (Å²) in [5, 5.41) is 9.09. The minimum absolute atomic E-state index is 0.0656. The minimum atomic E-state index is -0.852. The first-order valence-electron chi connectivity index (χ1n) is 5.61. The summed E-state index contributed by atoms with van der Waals surface area (Å²) in [5.41, 5.74) is 0. The van der Waals surface area contributed by atoms with Crippen molar-refractivity contribution in [1.82, 2.24) is 9.80 Å². The molecule has 5 heteroatoms. The number of nitrogens with zero attached hydrogens (tertiary/aromatic N) is 2. The zero-order chi connectivity index (χ0) is 12.7. The fourth-order valence-corrected chi connectivity index (χ4v) is 1.49. The molecule has 0 aliphatic rings. The molecule has 1 unspecified atom stereocenters. The molecule has 0 saturated heterocycles. The highest BCUT2D eigenvalue weighted by Gasteiger charge is 2.25. The molecule has 0 radical (unpaired) electrons. The lowest BCUT2D eigenvalue weighted by Crippen LogP contribution is -2.46. The number of hydrogen-bond acceptors (Lipinski definition) is 3. The average molecular weight is 230 g/mol. The van der Waals surface area contributed by atoms with Crippen LogP contribution >= 0.6 is 0 Å². The maximum atomic E-state index is 11.5. The highest BCUT2D eigenvalue weighted by Crippen LogP contribution is 2.07. The van der Waals surface area contributed by atoms with Gasteiger partial charge in [0.1, 0.15) is 6.04 Å². The van der Waals surface area contributed by atoms with Crippen LogP contribution in [0.2, 0.25) is 0 Å². The third-order valence-corrected chi connectivity index (χ3v) is 2.53. The lowest BCUT2D eigenvalue weighted by molar-refractivity contribution is -0.144. The van der Waals surface area contributed by atoms with Gasteiger partial charge in [-0.15, -0.1) is 0 Å². The fraction of sp³-hybridized carbons (Fsp3) is 0.818. The second-order valence-electron chi connectivity index (χ2n) is 3.99. The standard InChI is InChI=1S/C11H22N2O3/c1-5-7-9(11(15)16)13(6-2)8-10(14)12(3)4/h9H,5-8H2,1-4H3,(H,15,16). The van der Waals surface area contributed by atoms with Crippen molar-refractivity contribution in [2.45, 2.75) is 32.7 Å². The van der Waals surface area contributed by atoms with E-state index >= 15 is 0 Å². The number of hydrogen-bond donors (Lipinski definition) is 1. The van der Waals surface area contributed by atoms with Gasteiger partial charge >= 0.3 is 5.97 Å². The third kappa shape index (κ3) is 4.61. The van der Waals surface area contributed by atoms with Crippen molar-refractivity contribution in [1.29, 1.82) is 0 Å². The quantitative estimate of drug-likeness (QED) is 0.697. The van der Waals surface area contributed by atoms with Crippen LogP contribution in [0.1, 0.15) is 26.7 Å². The van der Waals surface area contributed by atoms with Crippen molar-refractivity contribution >= 4 is 11.9 Å². The zero-order valence-electron chi connectivity index (χ0n) is 10.6. The molecule has 0 aromatic rings. The van der Waals surface area contributed by atoms with E-state index in [4.69, 9.17) is 5.11 Å². The van der Waals surface area contributed by atoms with Gasteiger partial charge < -0.3 is 10.0 Å². The second kappa shape index (κ2) is 7.22. The summed E-state index contributed by atoms with van der Waals surface area (Å²) in [6, 6.07) is -0.557. The van der Waals surface area contributed by atoms with Crippen molar-refractivity contribution in [3.63, 3.8) is 0 Å². The van der Waals surface area contributed by atoms with Crippen LogP contribution in [0, 0.1) is 0 Å². The molecule has 0 spiro atoms. The van der Waals surface area contributed by atoms with Crippen LogP contribution in [-0.2, 0) is 9.59 Å². The summed E-state index contributed by atoms with van der Waals surface area (Å²) in [6.07, 6.45) is 1.37.